The van der Waals surface area contributed by atoms with Crippen LogP contribution in [0.1, 0.15) is 30.0 Å². The molecule has 0 unspecified atom stereocenters. The minimum absolute atomic E-state index is 0. The van der Waals surface area contributed by atoms with Crippen molar-refractivity contribution in [3.05, 3.63) is 34.1 Å². The monoisotopic (exact) mass is 464 g/mol. The van der Waals surface area contributed by atoms with Crippen molar-refractivity contribution in [1.29, 1.82) is 0 Å². The third kappa shape index (κ3) is 7.12. The Balaban J connectivity index is 0.00000338. The van der Waals surface area contributed by atoms with Gasteiger partial charge in [0, 0.05) is 44.2 Å². The molecule has 0 radical (unpaired) electrons. The van der Waals surface area contributed by atoms with E-state index >= 15 is 0 Å². The molecule has 12 heteroatoms. The molecule has 1 aromatic rings. The van der Waals surface area contributed by atoms with Gasteiger partial charge in [-0.2, -0.15) is 26.3 Å². The molecule has 0 saturated carbocycles. The lowest BCUT2D eigenvalue weighted by atomic mass is 9.93. The van der Waals surface area contributed by atoms with Crippen LogP contribution < -0.4 is 5.32 Å². The van der Waals surface area contributed by atoms with E-state index in [1.165, 1.54) is 4.90 Å². The first kappa shape index (κ1) is 26.5. The van der Waals surface area contributed by atoms with Gasteiger partial charge in [0.25, 0.3) is 0 Å². The summed E-state index contributed by atoms with van der Waals surface area (Å²) in [4.78, 5) is 1.44. The normalized spacial score (nSPS) is 17.0. The lowest BCUT2D eigenvalue weighted by Gasteiger charge is -2.36. The molecule has 0 spiro atoms. The van der Waals surface area contributed by atoms with Crippen molar-refractivity contribution in [3.63, 3.8) is 0 Å². The third-order valence-electron chi connectivity index (χ3n) is 4.06. The molecule has 0 bridgehead atoms. The molecule has 1 N–H and O–H groups in total. The molecule has 1 aliphatic rings. The Morgan fingerprint density at radius 3 is 2.07 bits per heavy atom. The van der Waals surface area contributed by atoms with E-state index in [4.69, 9.17) is 11.6 Å². The van der Waals surface area contributed by atoms with E-state index in [2.05, 4.69) is 5.32 Å². The molecule has 1 saturated heterocycles. The van der Waals surface area contributed by atoms with Crippen molar-refractivity contribution in [1.82, 2.24) is 10.2 Å². The number of benzene rings is 1. The van der Waals surface area contributed by atoms with Crippen LogP contribution in [0.2, 0.25) is 5.02 Å². The minimum atomic E-state index is -4.90. The molecule has 2 nitrogen and oxygen atoms in total. The summed E-state index contributed by atoms with van der Waals surface area (Å²) < 4.78 is 92.3. The first-order chi connectivity index (χ1) is 11.5. The Bertz CT molecular complexity index is 602. The average molecular weight is 466 g/mol. The summed E-state index contributed by atoms with van der Waals surface area (Å²) in [6.45, 7) is 1.22. The predicted molar refractivity (Wildman–Crippen MR) is 93.4 cm³/mol. The standard InChI is InChI=1S/C15H16ClF7N2.2ClH/c16-10-2-1-9(15(21,22)23)12(13(10)17)11(3-4-14(18,19)20)25-7-5-24-6-8-25;;/h1-2,11,24H,3-8H2;2*1H/t11-;;/m0../s1. The second-order valence-corrected chi connectivity index (χ2v) is 6.18. The van der Waals surface area contributed by atoms with Crippen LogP contribution in [0.15, 0.2) is 12.1 Å². The van der Waals surface area contributed by atoms with Crippen molar-refractivity contribution in [2.75, 3.05) is 26.2 Å². The highest BCUT2D eigenvalue weighted by Gasteiger charge is 2.40. The molecule has 2 rings (SSSR count). The lowest BCUT2D eigenvalue weighted by molar-refractivity contribution is -0.141. The smallest absolute Gasteiger partial charge is 0.314 e. The number of piperazine rings is 1. The highest BCUT2D eigenvalue weighted by Crippen LogP contribution is 2.42. The van der Waals surface area contributed by atoms with Crippen LogP contribution >= 0.6 is 36.4 Å². The van der Waals surface area contributed by atoms with Crippen molar-refractivity contribution < 1.29 is 30.7 Å². The molecular formula is C15H18Cl3F7N2. The Morgan fingerprint density at radius 1 is 1.04 bits per heavy atom. The lowest BCUT2D eigenvalue weighted by Crippen LogP contribution is -2.46. The van der Waals surface area contributed by atoms with E-state index < -0.39 is 53.2 Å². The third-order valence-corrected chi connectivity index (χ3v) is 4.36. The largest absolute Gasteiger partial charge is 0.416 e. The molecule has 1 heterocycles. The van der Waals surface area contributed by atoms with Crippen LogP contribution in [0.3, 0.4) is 0 Å². The van der Waals surface area contributed by atoms with Crippen molar-refractivity contribution in [3.8, 4) is 0 Å². The predicted octanol–water partition coefficient (Wildman–Crippen LogP) is 5.63. The molecular weight excluding hydrogens is 448 g/mol. The van der Waals surface area contributed by atoms with Crippen molar-refractivity contribution in [2.45, 2.75) is 31.2 Å². The summed E-state index contributed by atoms with van der Waals surface area (Å²) in [7, 11) is 0. The van der Waals surface area contributed by atoms with Gasteiger partial charge < -0.3 is 5.32 Å². The first-order valence-corrected chi connectivity index (χ1v) is 7.95. The van der Waals surface area contributed by atoms with Gasteiger partial charge in [0.05, 0.1) is 10.6 Å². The topological polar surface area (TPSA) is 15.3 Å². The van der Waals surface area contributed by atoms with Gasteiger partial charge in [0.1, 0.15) is 5.82 Å². The van der Waals surface area contributed by atoms with Gasteiger partial charge in [-0.3, -0.25) is 4.90 Å². The van der Waals surface area contributed by atoms with Gasteiger partial charge in [-0.25, -0.2) is 4.39 Å². The van der Waals surface area contributed by atoms with Crippen molar-refractivity contribution in [2.24, 2.45) is 0 Å². The molecule has 0 amide bonds. The Kier molecular flexibility index (Phi) is 10.2. The summed E-state index contributed by atoms with van der Waals surface area (Å²) in [5, 5.41) is 2.41. The zero-order chi connectivity index (χ0) is 18.8. The Hall–Kier alpha value is -0.480. The van der Waals surface area contributed by atoms with E-state index in [-0.39, 0.29) is 37.9 Å². The maximum absolute atomic E-state index is 14.5. The van der Waals surface area contributed by atoms with E-state index in [1.807, 2.05) is 0 Å². The molecule has 158 valence electrons. The number of nitrogens with one attached hydrogen (secondary N) is 1. The average Bonchev–Trinajstić information content (AvgIpc) is 2.50. The summed E-state index contributed by atoms with van der Waals surface area (Å²) in [6, 6.07) is 0.0183. The first-order valence-electron chi connectivity index (χ1n) is 7.57. The van der Waals surface area contributed by atoms with Gasteiger partial charge >= 0.3 is 12.4 Å². The highest BCUT2D eigenvalue weighted by molar-refractivity contribution is 6.30. The van der Waals surface area contributed by atoms with Crippen LogP contribution in [-0.2, 0) is 6.18 Å². The van der Waals surface area contributed by atoms with E-state index in [0.29, 0.717) is 19.2 Å². The number of nitrogens with zero attached hydrogens (tertiary/aromatic N) is 1. The van der Waals surface area contributed by atoms with Crippen LogP contribution in [0.5, 0.6) is 0 Å². The molecule has 27 heavy (non-hydrogen) atoms. The van der Waals surface area contributed by atoms with Gasteiger partial charge in [0.2, 0.25) is 0 Å². The number of alkyl halides is 6. The fourth-order valence-electron chi connectivity index (χ4n) is 2.94. The van der Waals surface area contributed by atoms with Crippen LogP contribution in [0.25, 0.3) is 0 Å². The molecule has 0 aromatic heterocycles. The number of hydrogen-bond acceptors (Lipinski definition) is 2. The summed E-state index contributed by atoms with van der Waals surface area (Å²) in [5.41, 5.74) is -2.11. The molecule has 1 aromatic carbocycles. The second kappa shape index (κ2) is 10.3. The van der Waals surface area contributed by atoms with Gasteiger partial charge in [-0.1, -0.05) is 11.6 Å². The Morgan fingerprint density at radius 2 is 1.59 bits per heavy atom. The quantitative estimate of drug-likeness (QED) is 0.580. The minimum Gasteiger partial charge on any atom is -0.314 e. The van der Waals surface area contributed by atoms with Crippen LogP contribution in [-0.4, -0.2) is 37.3 Å². The van der Waals surface area contributed by atoms with Gasteiger partial charge in [-0.05, 0) is 18.6 Å². The summed E-state index contributed by atoms with van der Waals surface area (Å²) in [5.74, 6) is -1.32. The molecule has 1 atom stereocenters. The fourth-order valence-corrected chi connectivity index (χ4v) is 3.11. The van der Waals surface area contributed by atoms with Crippen molar-refractivity contribution >= 4 is 36.4 Å². The maximum Gasteiger partial charge on any atom is 0.416 e. The SMILES string of the molecule is Cl.Cl.Fc1c(Cl)ccc(C(F)(F)F)c1[C@H](CCC(F)(F)F)N1CCNCC1. The summed E-state index contributed by atoms with van der Waals surface area (Å²) in [6.07, 6.45) is -11.4. The van der Waals surface area contributed by atoms with E-state index in [9.17, 15) is 30.7 Å². The molecule has 0 aliphatic carbocycles. The summed E-state index contributed by atoms with van der Waals surface area (Å²) >= 11 is 5.61. The van der Waals surface area contributed by atoms with E-state index in [1.54, 1.807) is 0 Å². The second-order valence-electron chi connectivity index (χ2n) is 5.78. The number of rotatable bonds is 4. The van der Waals surface area contributed by atoms with Crippen LogP contribution in [0.4, 0.5) is 30.7 Å². The van der Waals surface area contributed by atoms with Crippen LogP contribution in [0, 0.1) is 5.82 Å². The fraction of sp³-hybridized carbons (Fsp3) is 0.600. The molecule has 1 aliphatic heterocycles. The maximum atomic E-state index is 14.5. The molecule has 1 fully saturated rings. The number of halogens is 10. The number of hydrogen-bond donors (Lipinski definition) is 1. The Labute approximate surface area is 169 Å². The van der Waals surface area contributed by atoms with Gasteiger partial charge in [0.15, 0.2) is 0 Å². The van der Waals surface area contributed by atoms with E-state index in [0.717, 1.165) is 6.07 Å². The zero-order valence-electron chi connectivity index (χ0n) is 13.8. The van der Waals surface area contributed by atoms with Gasteiger partial charge in [-0.15, -0.1) is 24.8 Å². The zero-order valence-corrected chi connectivity index (χ0v) is 16.2. The highest BCUT2D eigenvalue weighted by atomic mass is 35.5.